The van der Waals surface area contributed by atoms with Crippen LogP contribution in [-0.4, -0.2) is 23.8 Å². The Morgan fingerprint density at radius 1 is 1.26 bits per heavy atom. The first-order chi connectivity index (χ1) is 10.5. The fourth-order valence-electron chi connectivity index (χ4n) is 2.49. The van der Waals surface area contributed by atoms with Crippen molar-refractivity contribution in [2.45, 2.75) is 64.1 Å². The molecule has 1 amide bonds. The Hall–Kier alpha value is -1.26. The molecule has 2 N–H and O–H groups in total. The second-order valence-corrected chi connectivity index (χ2v) is 8.39. The molecule has 0 saturated heterocycles. The number of ether oxygens (including phenoxy) is 1. The fourth-order valence-corrected chi connectivity index (χ4v) is 2.68. The summed E-state index contributed by atoms with van der Waals surface area (Å²) in [5.41, 5.74) is 0.290. The summed E-state index contributed by atoms with van der Waals surface area (Å²) in [6.45, 7) is 10.2. The van der Waals surface area contributed by atoms with E-state index in [0.717, 1.165) is 17.9 Å². The van der Waals surface area contributed by atoms with Gasteiger partial charge < -0.3 is 15.4 Å². The van der Waals surface area contributed by atoms with Gasteiger partial charge in [-0.05, 0) is 65.2 Å². The number of hydrogen-bond donors (Lipinski definition) is 2. The average Bonchev–Trinajstić information content (AvgIpc) is 3.14. The molecular weight excluding hydrogens is 312 g/mol. The van der Waals surface area contributed by atoms with Gasteiger partial charge in [-0.1, -0.05) is 23.7 Å². The Balaban J connectivity index is 1.93. The van der Waals surface area contributed by atoms with Gasteiger partial charge in [-0.15, -0.1) is 0 Å². The summed E-state index contributed by atoms with van der Waals surface area (Å²) >= 11 is 6.10. The molecule has 2 rings (SSSR count). The van der Waals surface area contributed by atoms with Crippen LogP contribution in [-0.2, 0) is 10.3 Å². The van der Waals surface area contributed by atoms with Crippen LogP contribution >= 0.6 is 11.6 Å². The van der Waals surface area contributed by atoms with Crippen LogP contribution in [0.2, 0.25) is 5.02 Å². The number of rotatable bonds is 5. The van der Waals surface area contributed by atoms with Gasteiger partial charge in [0, 0.05) is 17.1 Å². The highest BCUT2D eigenvalue weighted by Gasteiger charge is 2.45. The quantitative estimate of drug-likeness (QED) is 0.845. The third-order valence-corrected chi connectivity index (χ3v) is 4.07. The standard InChI is InChI=1S/C18H27ClN2O2/c1-16(2,3)23-15(22)21-17(4,5)12-20-18(9-10-18)13-7-6-8-14(19)11-13/h6-8,11,20H,9-10,12H2,1-5H3,(H,21,22). The van der Waals surface area contributed by atoms with E-state index in [1.807, 2.05) is 52.8 Å². The topological polar surface area (TPSA) is 50.4 Å². The van der Waals surface area contributed by atoms with Crippen LogP contribution < -0.4 is 10.6 Å². The average molecular weight is 339 g/mol. The molecule has 23 heavy (non-hydrogen) atoms. The summed E-state index contributed by atoms with van der Waals surface area (Å²) < 4.78 is 5.33. The number of halogens is 1. The minimum absolute atomic E-state index is 0.0161. The molecule has 4 nitrogen and oxygen atoms in total. The summed E-state index contributed by atoms with van der Waals surface area (Å²) in [7, 11) is 0. The molecule has 0 atom stereocenters. The Labute approximate surface area is 143 Å². The van der Waals surface area contributed by atoms with Crippen LogP contribution in [0.4, 0.5) is 4.79 Å². The minimum atomic E-state index is -0.494. The minimum Gasteiger partial charge on any atom is -0.444 e. The highest BCUT2D eigenvalue weighted by atomic mass is 35.5. The van der Waals surface area contributed by atoms with Crippen LogP contribution in [0.25, 0.3) is 0 Å². The molecule has 1 fully saturated rings. The van der Waals surface area contributed by atoms with Crippen molar-refractivity contribution in [3.63, 3.8) is 0 Å². The highest BCUT2D eigenvalue weighted by Crippen LogP contribution is 2.46. The molecular formula is C18H27ClN2O2. The van der Waals surface area contributed by atoms with E-state index in [9.17, 15) is 4.79 Å². The normalized spacial score (nSPS) is 16.8. The molecule has 0 aromatic heterocycles. The summed E-state index contributed by atoms with van der Waals surface area (Å²) in [5.74, 6) is 0. The maximum Gasteiger partial charge on any atom is 0.408 e. The van der Waals surface area contributed by atoms with Crippen molar-refractivity contribution >= 4 is 17.7 Å². The second kappa shape index (κ2) is 6.33. The van der Waals surface area contributed by atoms with Crippen molar-refractivity contribution in [1.29, 1.82) is 0 Å². The molecule has 1 aromatic carbocycles. The molecule has 0 heterocycles. The van der Waals surface area contributed by atoms with E-state index >= 15 is 0 Å². The van der Waals surface area contributed by atoms with Gasteiger partial charge in [-0.2, -0.15) is 0 Å². The molecule has 5 heteroatoms. The largest absolute Gasteiger partial charge is 0.444 e. The number of carbonyl (C=O) groups excluding carboxylic acids is 1. The van der Waals surface area contributed by atoms with Gasteiger partial charge >= 0.3 is 6.09 Å². The van der Waals surface area contributed by atoms with E-state index in [0.29, 0.717) is 6.54 Å². The summed E-state index contributed by atoms with van der Waals surface area (Å²) in [5, 5.41) is 7.27. The molecule has 1 aromatic rings. The molecule has 1 saturated carbocycles. The summed E-state index contributed by atoms with van der Waals surface area (Å²) in [6.07, 6.45) is 1.77. The van der Waals surface area contributed by atoms with Crippen LogP contribution in [0, 0.1) is 0 Å². The van der Waals surface area contributed by atoms with E-state index in [-0.39, 0.29) is 5.54 Å². The first-order valence-corrected chi connectivity index (χ1v) is 8.41. The molecule has 1 aliphatic rings. The Kier molecular flexibility index (Phi) is 4.97. The van der Waals surface area contributed by atoms with Gasteiger partial charge in [0.2, 0.25) is 0 Å². The highest BCUT2D eigenvalue weighted by molar-refractivity contribution is 6.30. The lowest BCUT2D eigenvalue weighted by Crippen LogP contribution is -2.53. The zero-order chi connectivity index (χ0) is 17.3. The molecule has 0 unspecified atom stereocenters. The molecule has 0 radical (unpaired) electrons. The lowest BCUT2D eigenvalue weighted by molar-refractivity contribution is 0.0470. The first kappa shape index (κ1) is 18.1. The number of nitrogens with one attached hydrogen (secondary N) is 2. The Morgan fingerprint density at radius 2 is 1.91 bits per heavy atom. The second-order valence-electron chi connectivity index (χ2n) is 7.96. The number of alkyl carbamates (subject to hydrolysis) is 1. The number of hydrogen-bond acceptors (Lipinski definition) is 3. The van der Waals surface area contributed by atoms with E-state index in [1.165, 1.54) is 5.56 Å². The predicted octanol–water partition coefficient (Wildman–Crippen LogP) is 4.22. The van der Waals surface area contributed by atoms with Gasteiger partial charge in [0.05, 0.1) is 5.54 Å². The fraction of sp³-hybridized carbons (Fsp3) is 0.611. The van der Waals surface area contributed by atoms with Crippen molar-refractivity contribution in [2.24, 2.45) is 0 Å². The van der Waals surface area contributed by atoms with Crippen LogP contribution in [0.1, 0.15) is 53.0 Å². The van der Waals surface area contributed by atoms with Crippen LogP contribution in [0.15, 0.2) is 24.3 Å². The third-order valence-electron chi connectivity index (χ3n) is 3.84. The maximum absolute atomic E-state index is 12.0. The van der Waals surface area contributed by atoms with Gasteiger partial charge in [-0.25, -0.2) is 4.79 Å². The van der Waals surface area contributed by atoms with Crippen LogP contribution in [0.3, 0.4) is 0 Å². The molecule has 0 aliphatic heterocycles. The van der Waals surface area contributed by atoms with E-state index in [1.54, 1.807) is 0 Å². The van der Waals surface area contributed by atoms with E-state index in [2.05, 4.69) is 16.7 Å². The molecule has 0 bridgehead atoms. The number of benzene rings is 1. The Morgan fingerprint density at radius 3 is 2.43 bits per heavy atom. The maximum atomic E-state index is 12.0. The van der Waals surface area contributed by atoms with Gasteiger partial charge in [-0.3, -0.25) is 0 Å². The molecule has 128 valence electrons. The van der Waals surface area contributed by atoms with Crippen molar-refractivity contribution in [3.05, 3.63) is 34.9 Å². The summed E-state index contributed by atoms with van der Waals surface area (Å²) in [6, 6.07) is 7.97. The monoisotopic (exact) mass is 338 g/mol. The van der Waals surface area contributed by atoms with Crippen molar-refractivity contribution in [3.8, 4) is 0 Å². The van der Waals surface area contributed by atoms with E-state index < -0.39 is 17.2 Å². The zero-order valence-electron chi connectivity index (χ0n) is 14.6. The lowest BCUT2D eigenvalue weighted by Gasteiger charge is -2.31. The van der Waals surface area contributed by atoms with Crippen molar-refractivity contribution in [2.75, 3.05) is 6.54 Å². The smallest absolute Gasteiger partial charge is 0.408 e. The Bertz CT molecular complexity index is 575. The number of amides is 1. The zero-order valence-corrected chi connectivity index (χ0v) is 15.4. The van der Waals surface area contributed by atoms with Gasteiger partial charge in [0.25, 0.3) is 0 Å². The number of carbonyl (C=O) groups is 1. The van der Waals surface area contributed by atoms with Crippen molar-refractivity contribution in [1.82, 2.24) is 10.6 Å². The SMILES string of the molecule is CC(C)(CNC1(c2cccc(Cl)c2)CC1)NC(=O)OC(C)(C)C. The summed E-state index contributed by atoms with van der Waals surface area (Å²) in [4.78, 5) is 12.0. The first-order valence-electron chi connectivity index (χ1n) is 8.04. The van der Waals surface area contributed by atoms with Gasteiger partial charge in [0.1, 0.15) is 5.60 Å². The van der Waals surface area contributed by atoms with Crippen molar-refractivity contribution < 1.29 is 9.53 Å². The lowest BCUT2D eigenvalue weighted by atomic mass is 10.0. The van der Waals surface area contributed by atoms with Crippen LogP contribution in [0.5, 0.6) is 0 Å². The predicted molar refractivity (Wildman–Crippen MR) is 93.8 cm³/mol. The molecule has 1 aliphatic carbocycles. The third kappa shape index (κ3) is 5.40. The van der Waals surface area contributed by atoms with E-state index in [4.69, 9.17) is 16.3 Å². The molecule has 0 spiro atoms. The van der Waals surface area contributed by atoms with Gasteiger partial charge in [0.15, 0.2) is 0 Å².